The molecular formula is C21H30N2O. The minimum atomic E-state index is 0. The van der Waals surface area contributed by atoms with Gasteiger partial charge in [-0.2, -0.15) is 0 Å². The molecule has 0 radical (unpaired) electrons. The van der Waals surface area contributed by atoms with Crippen LogP contribution < -0.4 is 11.1 Å². The number of carbonyl (C=O) groups excluding carboxylic acids is 1. The van der Waals surface area contributed by atoms with Gasteiger partial charge >= 0.3 is 0 Å². The van der Waals surface area contributed by atoms with Gasteiger partial charge in [-0.15, -0.1) is 0 Å². The van der Waals surface area contributed by atoms with Crippen LogP contribution in [0.25, 0.3) is 11.1 Å². The maximum absolute atomic E-state index is 11.9. The van der Waals surface area contributed by atoms with Crippen LogP contribution in [0.1, 0.15) is 44.2 Å². The highest BCUT2D eigenvalue weighted by atomic mass is 16.1. The van der Waals surface area contributed by atoms with Crippen LogP contribution in [0.3, 0.4) is 0 Å². The molecule has 2 aromatic rings. The third-order valence-electron chi connectivity index (χ3n) is 3.97. The number of aryl methyl sites for hydroxylation is 2. The van der Waals surface area contributed by atoms with Crippen LogP contribution in [-0.4, -0.2) is 12.5 Å². The van der Waals surface area contributed by atoms with E-state index in [0.29, 0.717) is 13.0 Å². The molecule has 2 aromatic carbocycles. The lowest BCUT2D eigenvalue weighted by molar-refractivity contribution is -0.116. The molecule has 0 saturated heterocycles. The normalized spacial score (nSPS) is 10.1. The van der Waals surface area contributed by atoms with Gasteiger partial charge in [-0.25, -0.2) is 0 Å². The number of hydrogen-bond donors (Lipinski definition) is 2. The number of nitrogens with two attached hydrogens (primary N) is 1. The van der Waals surface area contributed by atoms with Crippen LogP contribution >= 0.6 is 0 Å². The standard InChI is InChI=1S/C20H26N2O.CH4/c1-15-7-12-19(16(2)14-15)17-8-10-18(11-9-17)22-20(23)6-4-3-5-13-21;/h7-12,14H,3-6,13,21H2,1-2H3,(H,22,23);1H4. The number of unbranched alkanes of at least 4 members (excludes halogenated alkanes) is 2. The Morgan fingerprint density at radius 1 is 1.00 bits per heavy atom. The summed E-state index contributed by atoms with van der Waals surface area (Å²) in [4.78, 5) is 11.9. The van der Waals surface area contributed by atoms with Gasteiger partial charge in [0.1, 0.15) is 0 Å². The summed E-state index contributed by atoms with van der Waals surface area (Å²) in [5, 5.41) is 2.95. The van der Waals surface area contributed by atoms with E-state index in [2.05, 4.69) is 49.5 Å². The molecule has 1 amide bonds. The Hall–Kier alpha value is -2.13. The average molecular weight is 326 g/mol. The van der Waals surface area contributed by atoms with Crippen molar-refractivity contribution < 1.29 is 4.79 Å². The molecule has 0 saturated carbocycles. The Kier molecular flexibility index (Phi) is 8.20. The number of benzene rings is 2. The molecule has 0 spiro atoms. The monoisotopic (exact) mass is 326 g/mol. The summed E-state index contributed by atoms with van der Waals surface area (Å²) < 4.78 is 0. The van der Waals surface area contributed by atoms with Crippen LogP contribution in [0.4, 0.5) is 5.69 Å². The van der Waals surface area contributed by atoms with Gasteiger partial charge < -0.3 is 11.1 Å². The van der Waals surface area contributed by atoms with Crippen molar-refractivity contribution in [1.29, 1.82) is 0 Å². The second-order valence-corrected chi connectivity index (χ2v) is 6.04. The fourth-order valence-electron chi connectivity index (χ4n) is 2.70. The van der Waals surface area contributed by atoms with Gasteiger partial charge in [0, 0.05) is 12.1 Å². The van der Waals surface area contributed by atoms with E-state index in [1.807, 2.05) is 12.1 Å². The van der Waals surface area contributed by atoms with Crippen LogP contribution in [0.15, 0.2) is 42.5 Å². The van der Waals surface area contributed by atoms with Crippen LogP contribution in [0.5, 0.6) is 0 Å². The van der Waals surface area contributed by atoms with E-state index >= 15 is 0 Å². The zero-order valence-electron chi connectivity index (χ0n) is 14.1. The zero-order valence-corrected chi connectivity index (χ0v) is 14.1. The number of nitrogens with one attached hydrogen (secondary N) is 1. The predicted octanol–water partition coefficient (Wildman–Crippen LogP) is 5.06. The van der Waals surface area contributed by atoms with E-state index in [1.165, 1.54) is 22.3 Å². The summed E-state index contributed by atoms with van der Waals surface area (Å²) in [6, 6.07) is 14.5. The molecule has 3 nitrogen and oxygen atoms in total. The van der Waals surface area contributed by atoms with Gasteiger partial charge in [-0.05, 0) is 62.1 Å². The van der Waals surface area contributed by atoms with Crippen molar-refractivity contribution in [1.82, 2.24) is 0 Å². The van der Waals surface area contributed by atoms with Gasteiger partial charge in [-0.3, -0.25) is 4.79 Å². The first kappa shape index (κ1) is 19.9. The van der Waals surface area contributed by atoms with Gasteiger partial charge in [0.05, 0.1) is 0 Å². The summed E-state index contributed by atoms with van der Waals surface area (Å²) in [6.45, 7) is 4.92. The molecule has 0 unspecified atom stereocenters. The maximum Gasteiger partial charge on any atom is 0.224 e. The third kappa shape index (κ3) is 5.82. The first-order valence-corrected chi connectivity index (χ1v) is 8.28. The molecular weight excluding hydrogens is 296 g/mol. The highest BCUT2D eigenvalue weighted by molar-refractivity contribution is 5.91. The molecule has 0 aliphatic rings. The van der Waals surface area contributed by atoms with Gasteiger partial charge in [-0.1, -0.05) is 49.7 Å². The van der Waals surface area contributed by atoms with Crippen LogP contribution in [0, 0.1) is 13.8 Å². The second kappa shape index (κ2) is 9.89. The quantitative estimate of drug-likeness (QED) is 0.698. The molecule has 0 heterocycles. The van der Waals surface area contributed by atoms with Gasteiger partial charge in [0.25, 0.3) is 0 Å². The topological polar surface area (TPSA) is 55.1 Å². The Morgan fingerprint density at radius 2 is 1.71 bits per heavy atom. The number of carbonyl (C=O) groups is 1. The Labute approximate surface area is 146 Å². The average Bonchev–Trinajstić information content (AvgIpc) is 2.53. The number of amides is 1. The molecule has 3 N–H and O–H groups in total. The molecule has 24 heavy (non-hydrogen) atoms. The summed E-state index contributed by atoms with van der Waals surface area (Å²) in [5.74, 6) is 0.0706. The van der Waals surface area contributed by atoms with Crippen molar-refractivity contribution >= 4 is 11.6 Å². The van der Waals surface area contributed by atoms with E-state index < -0.39 is 0 Å². The van der Waals surface area contributed by atoms with E-state index in [0.717, 1.165) is 24.9 Å². The van der Waals surface area contributed by atoms with Crippen molar-refractivity contribution in [2.75, 3.05) is 11.9 Å². The first-order valence-electron chi connectivity index (χ1n) is 8.28. The van der Waals surface area contributed by atoms with Crippen LogP contribution in [0.2, 0.25) is 0 Å². The number of rotatable bonds is 7. The predicted molar refractivity (Wildman–Crippen MR) is 104 cm³/mol. The van der Waals surface area contributed by atoms with Gasteiger partial charge in [0.2, 0.25) is 5.91 Å². The smallest absolute Gasteiger partial charge is 0.224 e. The van der Waals surface area contributed by atoms with E-state index in [9.17, 15) is 4.79 Å². The largest absolute Gasteiger partial charge is 0.330 e. The van der Waals surface area contributed by atoms with Crippen LogP contribution in [-0.2, 0) is 4.79 Å². The fourth-order valence-corrected chi connectivity index (χ4v) is 2.70. The minimum absolute atomic E-state index is 0. The molecule has 2 rings (SSSR count). The minimum Gasteiger partial charge on any atom is -0.330 e. The van der Waals surface area contributed by atoms with Crippen molar-refractivity contribution in [3.63, 3.8) is 0 Å². The number of anilines is 1. The molecule has 3 heteroatoms. The lowest BCUT2D eigenvalue weighted by Gasteiger charge is -2.09. The lowest BCUT2D eigenvalue weighted by atomic mass is 9.98. The highest BCUT2D eigenvalue weighted by Gasteiger charge is 2.05. The van der Waals surface area contributed by atoms with E-state index in [-0.39, 0.29) is 13.3 Å². The van der Waals surface area contributed by atoms with Crippen molar-refractivity contribution in [2.24, 2.45) is 5.73 Å². The second-order valence-electron chi connectivity index (χ2n) is 6.04. The summed E-state index contributed by atoms with van der Waals surface area (Å²) in [6.07, 6.45) is 3.44. The molecule has 0 aliphatic heterocycles. The molecule has 0 fully saturated rings. The Morgan fingerprint density at radius 3 is 2.33 bits per heavy atom. The number of hydrogen-bond acceptors (Lipinski definition) is 2. The van der Waals surface area contributed by atoms with Gasteiger partial charge in [0.15, 0.2) is 0 Å². The van der Waals surface area contributed by atoms with Crippen molar-refractivity contribution in [3.8, 4) is 11.1 Å². The Balaban J connectivity index is 0.00000288. The summed E-state index contributed by atoms with van der Waals surface area (Å²) >= 11 is 0. The Bertz CT molecular complexity index is 647. The molecule has 0 bridgehead atoms. The SMILES string of the molecule is C.Cc1ccc(-c2ccc(NC(=O)CCCCCN)cc2)c(C)c1. The van der Waals surface area contributed by atoms with E-state index in [4.69, 9.17) is 5.73 Å². The summed E-state index contributed by atoms with van der Waals surface area (Å²) in [7, 11) is 0. The molecule has 0 aromatic heterocycles. The maximum atomic E-state index is 11.9. The highest BCUT2D eigenvalue weighted by Crippen LogP contribution is 2.25. The third-order valence-corrected chi connectivity index (χ3v) is 3.97. The zero-order chi connectivity index (χ0) is 16.7. The molecule has 0 atom stereocenters. The summed E-state index contributed by atoms with van der Waals surface area (Å²) in [5.41, 5.74) is 11.2. The molecule has 0 aliphatic carbocycles. The molecule has 130 valence electrons. The van der Waals surface area contributed by atoms with Crippen molar-refractivity contribution in [3.05, 3.63) is 53.6 Å². The van der Waals surface area contributed by atoms with E-state index in [1.54, 1.807) is 0 Å². The fraction of sp³-hybridized carbons (Fsp3) is 0.381. The lowest BCUT2D eigenvalue weighted by Crippen LogP contribution is -2.11. The van der Waals surface area contributed by atoms with Crippen molar-refractivity contribution in [2.45, 2.75) is 47.0 Å². The first-order chi connectivity index (χ1) is 11.1.